The molecular formula is C8H12F3NO5. The van der Waals surface area contributed by atoms with Crippen LogP contribution in [0.4, 0.5) is 18.0 Å². The molecule has 0 heterocycles. The number of alkyl carbamates (subject to hydrolysis) is 1. The first-order valence-corrected chi connectivity index (χ1v) is 4.60. The lowest BCUT2D eigenvalue weighted by molar-refractivity contribution is -0.269. The Hall–Kier alpha value is -1.51. The van der Waals surface area contributed by atoms with Crippen molar-refractivity contribution in [2.24, 2.45) is 0 Å². The van der Waals surface area contributed by atoms with Crippen LogP contribution in [0.2, 0.25) is 0 Å². The highest BCUT2D eigenvalue weighted by Gasteiger charge is 2.62. The van der Waals surface area contributed by atoms with E-state index in [1.54, 1.807) is 0 Å². The van der Waals surface area contributed by atoms with Gasteiger partial charge in [0.15, 0.2) is 0 Å². The number of carbonyl (C=O) groups is 2. The molecule has 0 radical (unpaired) electrons. The van der Waals surface area contributed by atoms with E-state index in [1.807, 2.05) is 0 Å². The maximum Gasteiger partial charge on any atom is 0.448 e. The first kappa shape index (κ1) is 15.5. The zero-order valence-corrected chi connectivity index (χ0v) is 9.13. The summed E-state index contributed by atoms with van der Waals surface area (Å²) in [7, 11) is 0. The van der Waals surface area contributed by atoms with Crippen molar-refractivity contribution < 1.29 is 37.3 Å². The van der Waals surface area contributed by atoms with E-state index >= 15 is 0 Å². The van der Waals surface area contributed by atoms with Crippen LogP contribution in [0.3, 0.4) is 0 Å². The number of hydrogen-bond donors (Lipinski definition) is 2. The standard InChI is InChI=1S/C8H12F3NO5/c1-3-16-5(13)7(15,8(9,10)11)12-6(14)17-4-2/h15H,3-4H2,1-2H3,(H,12,14). The lowest BCUT2D eigenvalue weighted by Crippen LogP contribution is -2.64. The molecule has 9 heteroatoms. The van der Waals surface area contributed by atoms with Crippen molar-refractivity contribution in [3.05, 3.63) is 0 Å². The third-order valence-electron chi connectivity index (χ3n) is 1.54. The van der Waals surface area contributed by atoms with E-state index in [2.05, 4.69) is 9.47 Å². The molecule has 0 spiro atoms. The number of hydrogen-bond acceptors (Lipinski definition) is 5. The van der Waals surface area contributed by atoms with Gasteiger partial charge in [0.05, 0.1) is 13.2 Å². The molecule has 2 N–H and O–H groups in total. The first-order chi connectivity index (χ1) is 7.69. The Morgan fingerprint density at radius 3 is 2.00 bits per heavy atom. The van der Waals surface area contributed by atoms with Crippen LogP contribution in [0.25, 0.3) is 0 Å². The highest BCUT2D eigenvalue weighted by atomic mass is 19.4. The fourth-order valence-electron chi connectivity index (χ4n) is 0.788. The monoisotopic (exact) mass is 259 g/mol. The number of rotatable bonds is 4. The molecule has 6 nitrogen and oxygen atoms in total. The van der Waals surface area contributed by atoms with Crippen molar-refractivity contribution in [1.29, 1.82) is 0 Å². The molecule has 0 aliphatic carbocycles. The van der Waals surface area contributed by atoms with Crippen molar-refractivity contribution in [3.8, 4) is 0 Å². The van der Waals surface area contributed by atoms with Crippen LogP contribution in [-0.4, -0.2) is 42.3 Å². The first-order valence-electron chi connectivity index (χ1n) is 4.60. The van der Waals surface area contributed by atoms with Crippen LogP contribution in [0.1, 0.15) is 13.8 Å². The molecule has 1 amide bonds. The lowest BCUT2D eigenvalue weighted by atomic mass is 10.2. The van der Waals surface area contributed by atoms with Crippen LogP contribution in [0.5, 0.6) is 0 Å². The highest BCUT2D eigenvalue weighted by Crippen LogP contribution is 2.29. The number of amides is 1. The van der Waals surface area contributed by atoms with Crippen LogP contribution < -0.4 is 5.32 Å². The highest BCUT2D eigenvalue weighted by molar-refractivity contribution is 5.84. The molecule has 100 valence electrons. The van der Waals surface area contributed by atoms with Gasteiger partial charge in [0.1, 0.15) is 0 Å². The van der Waals surface area contributed by atoms with Crippen LogP contribution in [0, 0.1) is 0 Å². The van der Waals surface area contributed by atoms with Gasteiger partial charge in [0.25, 0.3) is 0 Å². The number of carbonyl (C=O) groups excluding carboxylic acids is 2. The Labute approximate surface area is 94.7 Å². The van der Waals surface area contributed by atoms with Crippen LogP contribution in [0.15, 0.2) is 0 Å². The Morgan fingerprint density at radius 2 is 1.65 bits per heavy atom. The average molecular weight is 259 g/mol. The predicted molar refractivity (Wildman–Crippen MR) is 47.8 cm³/mol. The summed E-state index contributed by atoms with van der Waals surface area (Å²) < 4.78 is 45.5. The van der Waals surface area contributed by atoms with Gasteiger partial charge in [-0.1, -0.05) is 0 Å². The van der Waals surface area contributed by atoms with Gasteiger partial charge in [-0.05, 0) is 13.8 Å². The fourth-order valence-corrected chi connectivity index (χ4v) is 0.788. The summed E-state index contributed by atoms with van der Waals surface area (Å²) in [5.74, 6) is -2.03. The molecule has 0 aliphatic heterocycles. The van der Waals surface area contributed by atoms with Crippen molar-refractivity contribution >= 4 is 12.1 Å². The second-order valence-corrected chi connectivity index (χ2v) is 2.77. The van der Waals surface area contributed by atoms with Crippen molar-refractivity contribution in [3.63, 3.8) is 0 Å². The minimum absolute atomic E-state index is 0.220. The minimum atomic E-state index is -5.42. The molecule has 0 saturated carbocycles. The van der Waals surface area contributed by atoms with Gasteiger partial charge in [-0.15, -0.1) is 0 Å². The third kappa shape index (κ3) is 3.77. The van der Waals surface area contributed by atoms with E-state index in [1.165, 1.54) is 13.8 Å². The summed E-state index contributed by atoms with van der Waals surface area (Å²) in [5, 5.41) is 10.1. The summed E-state index contributed by atoms with van der Waals surface area (Å²) in [6.45, 7) is 1.99. The largest absolute Gasteiger partial charge is 0.462 e. The quantitative estimate of drug-likeness (QED) is 0.568. The van der Waals surface area contributed by atoms with Crippen LogP contribution in [-0.2, 0) is 14.3 Å². The maximum absolute atomic E-state index is 12.5. The van der Waals surface area contributed by atoms with Gasteiger partial charge in [0.2, 0.25) is 0 Å². The SMILES string of the molecule is CCOC(=O)NC(O)(C(=O)OCC)C(F)(F)F. The van der Waals surface area contributed by atoms with E-state index < -0.39 is 24.0 Å². The van der Waals surface area contributed by atoms with E-state index in [0.29, 0.717) is 0 Å². The molecule has 0 rings (SSSR count). The Morgan fingerprint density at radius 1 is 1.18 bits per heavy atom. The Balaban J connectivity index is 4.99. The predicted octanol–water partition coefficient (Wildman–Crippen LogP) is 0.547. The lowest BCUT2D eigenvalue weighted by Gasteiger charge is -2.27. The topological polar surface area (TPSA) is 84.9 Å². The van der Waals surface area contributed by atoms with Gasteiger partial charge in [-0.25, -0.2) is 9.59 Å². The van der Waals surface area contributed by atoms with Crippen LogP contribution >= 0.6 is 0 Å². The molecule has 1 unspecified atom stereocenters. The summed E-state index contributed by atoms with van der Waals surface area (Å²) in [5.41, 5.74) is -4.12. The summed E-state index contributed by atoms with van der Waals surface area (Å²) in [6, 6.07) is 0. The van der Waals surface area contributed by atoms with E-state index in [-0.39, 0.29) is 13.2 Å². The second-order valence-electron chi connectivity index (χ2n) is 2.77. The molecule has 0 aromatic rings. The number of aliphatic hydroxyl groups is 1. The molecule has 0 bridgehead atoms. The van der Waals surface area contributed by atoms with E-state index in [4.69, 9.17) is 5.11 Å². The van der Waals surface area contributed by atoms with Gasteiger partial charge < -0.3 is 14.6 Å². The van der Waals surface area contributed by atoms with Crippen molar-refractivity contribution in [2.45, 2.75) is 25.7 Å². The van der Waals surface area contributed by atoms with Gasteiger partial charge >= 0.3 is 24.0 Å². The average Bonchev–Trinajstić information content (AvgIpc) is 2.16. The molecular weight excluding hydrogens is 247 g/mol. The number of esters is 1. The molecule has 17 heavy (non-hydrogen) atoms. The normalized spacial score (nSPS) is 14.7. The summed E-state index contributed by atoms with van der Waals surface area (Å²) in [4.78, 5) is 21.8. The third-order valence-corrected chi connectivity index (χ3v) is 1.54. The summed E-state index contributed by atoms with van der Waals surface area (Å²) >= 11 is 0. The molecule has 0 saturated heterocycles. The number of ether oxygens (including phenoxy) is 2. The van der Waals surface area contributed by atoms with E-state index in [9.17, 15) is 22.8 Å². The molecule has 0 aliphatic rings. The number of alkyl halides is 3. The van der Waals surface area contributed by atoms with Gasteiger partial charge in [-0.2, -0.15) is 13.2 Å². The zero-order chi connectivity index (χ0) is 13.7. The van der Waals surface area contributed by atoms with Crippen molar-refractivity contribution in [1.82, 2.24) is 5.32 Å². The van der Waals surface area contributed by atoms with Gasteiger partial charge in [-0.3, -0.25) is 5.32 Å². The zero-order valence-electron chi connectivity index (χ0n) is 9.13. The maximum atomic E-state index is 12.5. The minimum Gasteiger partial charge on any atom is -0.462 e. The second kappa shape index (κ2) is 5.71. The van der Waals surface area contributed by atoms with E-state index in [0.717, 1.165) is 5.32 Å². The fraction of sp³-hybridized carbons (Fsp3) is 0.750. The molecule has 0 aromatic carbocycles. The Bertz CT molecular complexity index is 293. The summed E-state index contributed by atoms with van der Waals surface area (Å²) in [6.07, 6.45) is -7.01. The van der Waals surface area contributed by atoms with Gasteiger partial charge in [0, 0.05) is 0 Å². The smallest absolute Gasteiger partial charge is 0.448 e. The molecule has 0 aromatic heterocycles. The molecule has 1 atom stereocenters. The number of halogens is 3. The molecule has 0 fully saturated rings. The van der Waals surface area contributed by atoms with Crippen molar-refractivity contribution in [2.75, 3.05) is 13.2 Å². The Kier molecular flexibility index (Phi) is 5.20. The number of nitrogens with one attached hydrogen (secondary N) is 1.